The van der Waals surface area contributed by atoms with Gasteiger partial charge < -0.3 is 15.2 Å². The van der Waals surface area contributed by atoms with Gasteiger partial charge in [0.25, 0.3) is 5.91 Å². The van der Waals surface area contributed by atoms with Gasteiger partial charge in [-0.1, -0.05) is 0 Å². The van der Waals surface area contributed by atoms with E-state index in [2.05, 4.69) is 0 Å². The van der Waals surface area contributed by atoms with E-state index >= 15 is 0 Å². The smallest absolute Gasteiger partial charge is 0.316 e. The van der Waals surface area contributed by atoms with Crippen molar-refractivity contribution in [2.45, 2.75) is 25.7 Å². The van der Waals surface area contributed by atoms with Crippen molar-refractivity contribution < 1.29 is 23.9 Å². The zero-order chi connectivity index (χ0) is 16.7. The summed E-state index contributed by atoms with van der Waals surface area (Å²) >= 11 is 1.30. The predicted octanol–water partition coefficient (Wildman–Crippen LogP) is 1.55. The van der Waals surface area contributed by atoms with E-state index in [1.54, 1.807) is 25.3 Å². The molecule has 0 radical (unpaired) electrons. The first kappa shape index (κ1) is 18.0. The molecule has 7 heteroatoms. The molecule has 0 aliphatic carbocycles. The summed E-state index contributed by atoms with van der Waals surface area (Å²) in [6.45, 7) is 2.91. The highest BCUT2D eigenvalue weighted by Crippen LogP contribution is 2.25. The van der Waals surface area contributed by atoms with E-state index in [0.29, 0.717) is 17.1 Å². The molecule has 1 rings (SSSR count). The third-order valence-corrected chi connectivity index (χ3v) is 3.83. The van der Waals surface area contributed by atoms with Gasteiger partial charge >= 0.3 is 5.97 Å². The van der Waals surface area contributed by atoms with Gasteiger partial charge in [0, 0.05) is 16.9 Å². The first-order valence-electron chi connectivity index (χ1n) is 6.59. The lowest BCUT2D eigenvalue weighted by molar-refractivity contribution is -0.151. The number of esters is 1. The van der Waals surface area contributed by atoms with Gasteiger partial charge in [0.15, 0.2) is 11.9 Å². The minimum absolute atomic E-state index is 0.0383. The molecule has 0 bridgehead atoms. The Balaban J connectivity index is 2.60. The van der Waals surface area contributed by atoms with Crippen LogP contribution in [0.15, 0.2) is 18.2 Å². The summed E-state index contributed by atoms with van der Waals surface area (Å²) in [5.74, 6) is -0.0396. The van der Waals surface area contributed by atoms with Crippen molar-refractivity contribution >= 4 is 29.4 Å². The van der Waals surface area contributed by atoms with Gasteiger partial charge in [0.05, 0.1) is 12.9 Å². The summed E-state index contributed by atoms with van der Waals surface area (Å²) in [6, 6.07) is 5.16. The summed E-state index contributed by atoms with van der Waals surface area (Å²) in [5.41, 5.74) is 6.42. The fraction of sp³-hybridized carbons (Fsp3) is 0.400. The fourth-order valence-corrected chi connectivity index (χ4v) is 2.43. The van der Waals surface area contributed by atoms with Crippen LogP contribution in [0.2, 0.25) is 0 Å². The second-order valence-corrected chi connectivity index (χ2v) is 5.60. The van der Waals surface area contributed by atoms with Crippen LogP contribution >= 0.6 is 11.8 Å². The van der Waals surface area contributed by atoms with Crippen LogP contribution in [0.1, 0.15) is 29.8 Å². The average Bonchev–Trinajstić information content (AvgIpc) is 2.46. The number of methoxy groups -OCH3 is 1. The molecule has 0 fully saturated rings. The van der Waals surface area contributed by atoms with Gasteiger partial charge in [-0.15, -0.1) is 11.8 Å². The number of ketones is 1. The SMILES string of the molecule is COc1ccc(C(C)=O)cc1CSCC(=O)O[C@H](C)C(N)=O. The van der Waals surface area contributed by atoms with Crippen molar-refractivity contribution in [3.63, 3.8) is 0 Å². The largest absolute Gasteiger partial charge is 0.496 e. The summed E-state index contributed by atoms with van der Waals surface area (Å²) in [5, 5.41) is 0. The number of rotatable bonds is 8. The lowest BCUT2D eigenvalue weighted by atomic mass is 10.1. The molecular weight excluding hydrogens is 306 g/mol. The van der Waals surface area contributed by atoms with Crippen molar-refractivity contribution in [2.75, 3.05) is 12.9 Å². The molecule has 0 spiro atoms. The highest BCUT2D eigenvalue weighted by atomic mass is 32.2. The number of amides is 1. The Labute approximate surface area is 133 Å². The van der Waals surface area contributed by atoms with Gasteiger partial charge in [-0.05, 0) is 32.0 Å². The molecule has 0 unspecified atom stereocenters. The Morgan fingerprint density at radius 3 is 2.55 bits per heavy atom. The number of hydrogen-bond donors (Lipinski definition) is 1. The van der Waals surface area contributed by atoms with Gasteiger partial charge in [-0.2, -0.15) is 0 Å². The first-order chi connectivity index (χ1) is 10.3. The fourth-order valence-electron chi connectivity index (χ4n) is 1.64. The summed E-state index contributed by atoms with van der Waals surface area (Å²) in [6.07, 6.45) is -0.941. The van der Waals surface area contributed by atoms with E-state index in [1.165, 1.54) is 25.6 Å². The van der Waals surface area contributed by atoms with E-state index in [4.69, 9.17) is 15.2 Å². The minimum Gasteiger partial charge on any atom is -0.496 e. The number of thioether (sulfide) groups is 1. The molecule has 0 saturated carbocycles. The van der Waals surface area contributed by atoms with Crippen LogP contribution in [0.3, 0.4) is 0 Å². The van der Waals surface area contributed by atoms with E-state index < -0.39 is 18.0 Å². The third kappa shape index (κ3) is 5.40. The second kappa shape index (κ2) is 8.43. The number of nitrogens with two attached hydrogens (primary N) is 1. The molecular formula is C15H19NO5S. The maximum atomic E-state index is 11.5. The lowest BCUT2D eigenvalue weighted by Crippen LogP contribution is -2.31. The third-order valence-electron chi connectivity index (χ3n) is 2.87. The first-order valence-corrected chi connectivity index (χ1v) is 7.75. The van der Waals surface area contributed by atoms with Gasteiger partial charge in [0.2, 0.25) is 0 Å². The summed E-state index contributed by atoms with van der Waals surface area (Å²) in [4.78, 5) is 33.7. The average molecular weight is 325 g/mol. The Morgan fingerprint density at radius 2 is 2.00 bits per heavy atom. The monoisotopic (exact) mass is 325 g/mol. The van der Waals surface area contributed by atoms with Gasteiger partial charge in [-0.3, -0.25) is 14.4 Å². The summed E-state index contributed by atoms with van der Waals surface area (Å²) < 4.78 is 10.1. The minimum atomic E-state index is -0.941. The van der Waals surface area contributed by atoms with E-state index in [-0.39, 0.29) is 11.5 Å². The highest BCUT2D eigenvalue weighted by Gasteiger charge is 2.15. The zero-order valence-electron chi connectivity index (χ0n) is 12.8. The highest BCUT2D eigenvalue weighted by molar-refractivity contribution is 7.99. The molecule has 1 aromatic carbocycles. The van der Waals surface area contributed by atoms with Crippen molar-refractivity contribution in [3.05, 3.63) is 29.3 Å². The number of primary amides is 1. The van der Waals surface area contributed by atoms with Crippen LogP contribution in [0.4, 0.5) is 0 Å². The molecule has 120 valence electrons. The molecule has 0 aliphatic rings. The Hall–Kier alpha value is -2.02. The van der Waals surface area contributed by atoms with Crippen molar-refractivity contribution in [1.82, 2.24) is 0 Å². The number of ether oxygens (including phenoxy) is 2. The second-order valence-electron chi connectivity index (χ2n) is 4.61. The van der Waals surface area contributed by atoms with E-state index in [1.807, 2.05) is 0 Å². The number of carbonyl (C=O) groups excluding carboxylic acids is 3. The molecule has 2 N–H and O–H groups in total. The molecule has 6 nitrogen and oxygen atoms in total. The molecule has 0 aromatic heterocycles. The predicted molar refractivity (Wildman–Crippen MR) is 83.9 cm³/mol. The topological polar surface area (TPSA) is 95.7 Å². The van der Waals surface area contributed by atoms with Crippen LogP contribution in [0.5, 0.6) is 5.75 Å². The van der Waals surface area contributed by atoms with E-state index in [9.17, 15) is 14.4 Å². The molecule has 0 saturated heterocycles. The normalized spacial score (nSPS) is 11.6. The van der Waals surface area contributed by atoms with Crippen molar-refractivity contribution in [1.29, 1.82) is 0 Å². The number of benzene rings is 1. The Bertz CT molecular complexity index is 573. The molecule has 1 amide bonds. The van der Waals surface area contributed by atoms with Gasteiger partial charge in [-0.25, -0.2) is 0 Å². The zero-order valence-corrected chi connectivity index (χ0v) is 13.6. The van der Waals surface area contributed by atoms with E-state index in [0.717, 1.165) is 5.56 Å². The van der Waals surface area contributed by atoms with Crippen LogP contribution in [0.25, 0.3) is 0 Å². The maximum Gasteiger partial charge on any atom is 0.316 e. The Kier molecular flexibility index (Phi) is 6.91. The quantitative estimate of drug-likeness (QED) is 0.575. The molecule has 0 aliphatic heterocycles. The van der Waals surface area contributed by atoms with Crippen LogP contribution in [-0.2, 0) is 20.1 Å². The Morgan fingerprint density at radius 1 is 1.32 bits per heavy atom. The maximum absolute atomic E-state index is 11.5. The van der Waals surface area contributed by atoms with Crippen LogP contribution in [-0.4, -0.2) is 36.6 Å². The lowest BCUT2D eigenvalue weighted by Gasteiger charge is -2.11. The van der Waals surface area contributed by atoms with Gasteiger partial charge in [0.1, 0.15) is 5.75 Å². The molecule has 0 heterocycles. The summed E-state index contributed by atoms with van der Waals surface area (Å²) in [7, 11) is 1.54. The number of carbonyl (C=O) groups is 3. The standard InChI is InChI=1S/C15H19NO5S/c1-9(17)11-4-5-13(20-3)12(6-11)7-22-8-14(18)21-10(2)15(16)19/h4-6,10H,7-8H2,1-3H3,(H2,16,19)/t10-/m1/s1. The van der Waals surface area contributed by atoms with Crippen molar-refractivity contribution in [3.8, 4) is 5.75 Å². The van der Waals surface area contributed by atoms with Crippen LogP contribution < -0.4 is 10.5 Å². The molecule has 1 aromatic rings. The molecule has 22 heavy (non-hydrogen) atoms. The van der Waals surface area contributed by atoms with Crippen LogP contribution in [0, 0.1) is 0 Å². The van der Waals surface area contributed by atoms with Crippen molar-refractivity contribution in [2.24, 2.45) is 5.73 Å². The number of hydrogen-bond acceptors (Lipinski definition) is 6. The number of Topliss-reactive ketones (excluding diaryl/α,β-unsaturated/α-hetero) is 1. The molecule has 1 atom stereocenters.